The van der Waals surface area contributed by atoms with Gasteiger partial charge >= 0.3 is 0 Å². The molecule has 152 valence electrons. The summed E-state index contributed by atoms with van der Waals surface area (Å²) in [5.41, 5.74) is 3.14. The number of rotatable bonds is 1. The molecule has 1 aliphatic rings. The second-order valence-corrected chi connectivity index (χ2v) is 8.04. The number of aromatic nitrogens is 5. The average Bonchev–Trinajstić information content (AvgIpc) is 3.25. The number of anilines is 2. The minimum Gasteiger partial charge on any atom is -0.325 e. The van der Waals surface area contributed by atoms with E-state index in [1.165, 1.54) is 18.6 Å². The number of fused-ring (bicyclic) bond motifs is 4. The fourth-order valence-corrected chi connectivity index (χ4v) is 3.83. The summed E-state index contributed by atoms with van der Waals surface area (Å²) in [5, 5.41) is 8.63. The smallest absolute Gasteiger partial charge is 0.258 e. The van der Waals surface area contributed by atoms with Gasteiger partial charge < -0.3 is 4.90 Å². The molecule has 7 heteroatoms. The molecule has 0 aliphatic carbocycles. The van der Waals surface area contributed by atoms with Crippen molar-refractivity contribution in [1.29, 1.82) is 0 Å². The molecule has 0 unspecified atom stereocenters. The second kappa shape index (κ2) is 7.07. The third-order valence-corrected chi connectivity index (χ3v) is 5.41. The fourth-order valence-electron chi connectivity index (χ4n) is 3.83. The van der Waals surface area contributed by atoms with Crippen molar-refractivity contribution in [2.24, 2.45) is 5.41 Å². The molecule has 5 rings (SSSR count). The largest absolute Gasteiger partial charge is 0.325 e. The topological polar surface area (TPSA) is 59.2 Å². The first kappa shape index (κ1) is 19.0. The van der Waals surface area contributed by atoms with E-state index in [9.17, 15) is 4.39 Å². The predicted octanol–water partition coefficient (Wildman–Crippen LogP) is 3.91. The Balaban J connectivity index is 1.71. The Labute approximate surface area is 179 Å². The first-order valence-corrected chi connectivity index (χ1v) is 10.0. The van der Waals surface area contributed by atoms with Crippen LogP contribution in [0.4, 0.5) is 15.9 Å². The fraction of sp³-hybridized carbons (Fsp3) is 0.250. The Morgan fingerprint density at radius 1 is 1.26 bits per heavy atom. The van der Waals surface area contributed by atoms with Crippen LogP contribution in [0.15, 0.2) is 36.8 Å². The van der Waals surface area contributed by atoms with Crippen LogP contribution in [0.2, 0.25) is 0 Å². The first-order chi connectivity index (χ1) is 15.0. The molecular weight excluding hydrogens is 391 g/mol. The van der Waals surface area contributed by atoms with Crippen molar-refractivity contribution in [3.8, 4) is 24.2 Å². The van der Waals surface area contributed by atoms with E-state index in [2.05, 4.69) is 37.8 Å². The lowest BCUT2D eigenvalue weighted by atomic mass is 9.93. The molecule has 3 aromatic heterocycles. The van der Waals surface area contributed by atoms with Crippen molar-refractivity contribution in [2.45, 2.75) is 26.7 Å². The van der Waals surface area contributed by atoms with E-state index in [-0.39, 0.29) is 0 Å². The van der Waals surface area contributed by atoms with E-state index >= 15 is 0 Å². The van der Waals surface area contributed by atoms with Gasteiger partial charge in [-0.3, -0.25) is 0 Å². The lowest BCUT2D eigenvalue weighted by Gasteiger charge is -2.31. The number of pyridine rings is 1. The van der Waals surface area contributed by atoms with Gasteiger partial charge in [-0.15, -0.1) is 16.6 Å². The SMILES string of the molecule is C#CC(C)(C)C#Cc1cccc2c1CCCN2c1nc2nncn2c2ncc(F)cc12. The highest BCUT2D eigenvalue weighted by Gasteiger charge is 2.24. The zero-order valence-corrected chi connectivity index (χ0v) is 17.2. The summed E-state index contributed by atoms with van der Waals surface area (Å²) in [5.74, 6) is 9.78. The van der Waals surface area contributed by atoms with Gasteiger partial charge in [0.05, 0.1) is 17.0 Å². The van der Waals surface area contributed by atoms with E-state index in [0.717, 1.165) is 36.2 Å². The molecule has 0 radical (unpaired) electrons. The number of nitrogens with zero attached hydrogens (tertiary/aromatic N) is 6. The molecule has 0 amide bonds. The lowest BCUT2D eigenvalue weighted by Crippen LogP contribution is -2.26. The van der Waals surface area contributed by atoms with Crippen LogP contribution in [-0.2, 0) is 6.42 Å². The van der Waals surface area contributed by atoms with Crippen molar-refractivity contribution in [2.75, 3.05) is 11.4 Å². The minimum absolute atomic E-state index is 0.417. The van der Waals surface area contributed by atoms with E-state index in [4.69, 9.17) is 11.4 Å². The van der Waals surface area contributed by atoms with Crippen LogP contribution in [0.25, 0.3) is 16.8 Å². The molecule has 4 heterocycles. The Hall–Kier alpha value is -3.97. The average molecular weight is 410 g/mol. The Kier molecular flexibility index (Phi) is 4.34. The van der Waals surface area contributed by atoms with E-state index < -0.39 is 11.2 Å². The summed E-state index contributed by atoms with van der Waals surface area (Å²) in [6, 6.07) is 7.48. The van der Waals surface area contributed by atoms with Crippen LogP contribution in [-0.4, -0.2) is 31.1 Å². The van der Waals surface area contributed by atoms with Gasteiger partial charge in [0.2, 0.25) is 0 Å². The van der Waals surface area contributed by atoms with Gasteiger partial charge in [-0.05, 0) is 50.5 Å². The molecule has 0 bridgehead atoms. The first-order valence-electron chi connectivity index (χ1n) is 10.0. The summed E-state index contributed by atoms with van der Waals surface area (Å²) in [4.78, 5) is 11.1. The second-order valence-electron chi connectivity index (χ2n) is 8.04. The number of halogens is 1. The quantitative estimate of drug-likeness (QED) is 0.446. The summed E-state index contributed by atoms with van der Waals surface area (Å²) >= 11 is 0. The number of terminal acetylenes is 1. The van der Waals surface area contributed by atoms with E-state index in [1.54, 1.807) is 4.40 Å². The van der Waals surface area contributed by atoms with Gasteiger partial charge in [-0.25, -0.2) is 13.8 Å². The normalized spacial score (nSPS) is 13.5. The number of hydrogen-bond donors (Lipinski definition) is 0. The molecule has 4 aromatic rings. The molecule has 6 nitrogen and oxygen atoms in total. The van der Waals surface area contributed by atoms with Crippen LogP contribution in [0.3, 0.4) is 0 Å². The van der Waals surface area contributed by atoms with Gasteiger partial charge in [0.15, 0.2) is 5.65 Å². The number of benzene rings is 1. The summed E-state index contributed by atoms with van der Waals surface area (Å²) < 4.78 is 15.8. The third-order valence-electron chi connectivity index (χ3n) is 5.41. The molecule has 0 saturated carbocycles. The predicted molar refractivity (Wildman–Crippen MR) is 117 cm³/mol. The van der Waals surface area contributed by atoms with Gasteiger partial charge in [0.1, 0.15) is 18.0 Å². The summed E-state index contributed by atoms with van der Waals surface area (Å²) in [6.45, 7) is 4.59. The molecule has 0 saturated heterocycles. The van der Waals surface area contributed by atoms with Crippen LogP contribution in [0, 0.1) is 35.4 Å². The highest BCUT2D eigenvalue weighted by Crippen LogP contribution is 2.37. The van der Waals surface area contributed by atoms with Crippen LogP contribution >= 0.6 is 0 Å². The van der Waals surface area contributed by atoms with Crippen LogP contribution in [0.5, 0.6) is 0 Å². The van der Waals surface area contributed by atoms with Crippen molar-refractivity contribution >= 4 is 28.3 Å². The third kappa shape index (κ3) is 3.25. The zero-order valence-electron chi connectivity index (χ0n) is 17.2. The van der Waals surface area contributed by atoms with Gasteiger partial charge in [-0.1, -0.05) is 23.8 Å². The van der Waals surface area contributed by atoms with Crippen molar-refractivity contribution in [3.63, 3.8) is 0 Å². The highest BCUT2D eigenvalue weighted by atomic mass is 19.1. The summed E-state index contributed by atoms with van der Waals surface area (Å²) in [7, 11) is 0. The van der Waals surface area contributed by atoms with Crippen LogP contribution < -0.4 is 4.90 Å². The molecule has 1 aliphatic heterocycles. The molecular formula is C24H19FN6. The Morgan fingerprint density at radius 2 is 2.13 bits per heavy atom. The molecule has 1 aromatic carbocycles. The highest BCUT2D eigenvalue weighted by molar-refractivity contribution is 5.92. The minimum atomic E-state index is -0.503. The van der Waals surface area contributed by atoms with Crippen molar-refractivity contribution < 1.29 is 4.39 Å². The Morgan fingerprint density at radius 3 is 2.97 bits per heavy atom. The van der Waals surface area contributed by atoms with Crippen molar-refractivity contribution in [3.05, 3.63) is 53.7 Å². The Bertz CT molecular complexity index is 1430. The maximum atomic E-state index is 14.1. The number of hydrogen-bond acceptors (Lipinski definition) is 5. The molecule has 0 fully saturated rings. The van der Waals surface area contributed by atoms with Crippen molar-refractivity contribution in [1.82, 2.24) is 24.6 Å². The monoisotopic (exact) mass is 410 g/mol. The van der Waals surface area contributed by atoms with Gasteiger partial charge in [0.25, 0.3) is 5.78 Å². The summed E-state index contributed by atoms with van der Waals surface area (Å²) in [6.07, 6.45) is 10.1. The molecule has 0 spiro atoms. The standard InChI is InChI=1S/C24H19FN6/c1-4-24(2,3)11-10-16-7-5-9-20-18(16)8-6-12-30(20)22-19-13-17(25)14-26-21(19)31-15-27-29-23(31)28-22/h1,5,7,9,13-15H,6,8,12H2,2-3H3. The maximum Gasteiger partial charge on any atom is 0.258 e. The molecule has 0 N–H and O–H groups in total. The van der Waals surface area contributed by atoms with E-state index in [1.807, 2.05) is 32.0 Å². The lowest BCUT2D eigenvalue weighted by molar-refractivity contribution is 0.623. The molecule has 0 atom stereocenters. The zero-order chi connectivity index (χ0) is 21.6. The maximum absolute atomic E-state index is 14.1. The molecule has 31 heavy (non-hydrogen) atoms. The van der Waals surface area contributed by atoms with Crippen LogP contribution in [0.1, 0.15) is 31.4 Å². The van der Waals surface area contributed by atoms with Gasteiger partial charge in [0, 0.05) is 17.8 Å². The van der Waals surface area contributed by atoms with Gasteiger partial charge in [-0.2, -0.15) is 4.98 Å². The van der Waals surface area contributed by atoms with E-state index in [0.29, 0.717) is 22.6 Å².